The predicted molar refractivity (Wildman–Crippen MR) is 85.8 cm³/mol. The number of thiophene rings is 1. The number of hydrogen-bond acceptors (Lipinski definition) is 2. The average molecular weight is 279 g/mol. The summed E-state index contributed by atoms with van der Waals surface area (Å²) in [4.78, 5) is 0. The zero-order valence-corrected chi connectivity index (χ0v) is 13.7. The van der Waals surface area contributed by atoms with Gasteiger partial charge in [0.2, 0.25) is 0 Å². The molecule has 1 aromatic rings. The molecule has 0 saturated heterocycles. The fourth-order valence-corrected chi connectivity index (χ4v) is 4.26. The second kappa shape index (κ2) is 6.90. The van der Waals surface area contributed by atoms with E-state index in [1.165, 1.54) is 31.2 Å². The summed E-state index contributed by atoms with van der Waals surface area (Å²) < 4.78 is 0. The monoisotopic (exact) mass is 279 g/mol. The quantitative estimate of drug-likeness (QED) is 0.821. The molecule has 1 aliphatic carbocycles. The smallest absolute Gasteiger partial charge is 0.0103 e. The molecule has 0 radical (unpaired) electrons. The minimum Gasteiger partial charge on any atom is -0.311 e. The molecule has 19 heavy (non-hydrogen) atoms. The topological polar surface area (TPSA) is 12.0 Å². The zero-order chi connectivity index (χ0) is 13.8. The molecule has 108 valence electrons. The lowest BCUT2D eigenvalue weighted by atomic mass is 9.74. The van der Waals surface area contributed by atoms with Gasteiger partial charge in [-0.15, -0.1) is 0 Å². The molecule has 2 rings (SSSR count). The minimum atomic E-state index is 0.589. The molecule has 1 nitrogen and oxygen atoms in total. The molecule has 0 bridgehead atoms. The summed E-state index contributed by atoms with van der Waals surface area (Å²) >= 11 is 1.81. The Labute approximate surface area is 122 Å². The third kappa shape index (κ3) is 4.32. The van der Waals surface area contributed by atoms with Crippen LogP contribution in [-0.2, 0) is 6.42 Å². The predicted octanol–water partition coefficient (Wildman–Crippen LogP) is 4.73. The highest BCUT2D eigenvalue weighted by molar-refractivity contribution is 7.07. The van der Waals surface area contributed by atoms with Crippen LogP contribution in [-0.4, -0.2) is 12.1 Å². The lowest BCUT2D eigenvalue weighted by molar-refractivity contribution is 0.161. The molecular weight excluding hydrogens is 250 g/mol. The average Bonchev–Trinajstić information content (AvgIpc) is 2.81. The summed E-state index contributed by atoms with van der Waals surface area (Å²) in [6, 6.07) is 3.57. The summed E-state index contributed by atoms with van der Waals surface area (Å²) in [5, 5.41) is 8.39. The van der Waals surface area contributed by atoms with E-state index < -0.39 is 0 Å². The molecule has 1 heterocycles. The molecular formula is C17H29NS. The van der Waals surface area contributed by atoms with Crippen LogP contribution in [0.3, 0.4) is 0 Å². The molecule has 4 atom stereocenters. The van der Waals surface area contributed by atoms with E-state index in [1.807, 2.05) is 0 Å². The minimum absolute atomic E-state index is 0.589. The molecule has 2 heteroatoms. The van der Waals surface area contributed by atoms with E-state index in [4.69, 9.17) is 0 Å². The molecule has 1 saturated carbocycles. The third-order valence-corrected chi connectivity index (χ3v) is 5.37. The van der Waals surface area contributed by atoms with E-state index in [9.17, 15) is 0 Å². The summed E-state index contributed by atoms with van der Waals surface area (Å²) in [6.45, 7) is 9.53. The van der Waals surface area contributed by atoms with Crippen LogP contribution in [0.5, 0.6) is 0 Å². The van der Waals surface area contributed by atoms with Crippen molar-refractivity contribution in [3.63, 3.8) is 0 Å². The van der Waals surface area contributed by atoms with E-state index in [0.29, 0.717) is 6.04 Å². The normalized spacial score (nSPS) is 29.6. The zero-order valence-electron chi connectivity index (χ0n) is 12.9. The molecule has 1 aliphatic rings. The van der Waals surface area contributed by atoms with Crippen molar-refractivity contribution in [2.45, 2.75) is 65.5 Å². The first-order valence-corrected chi connectivity index (χ1v) is 8.77. The molecule has 1 fully saturated rings. The second-order valence-corrected chi connectivity index (χ2v) is 7.62. The van der Waals surface area contributed by atoms with Gasteiger partial charge in [-0.1, -0.05) is 27.2 Å². The molecule has 0 amide bonds. The van der Waals surface area contributed by atoms with E-state index in [0.717, 1.165) is 23.8 Å². The second-order valence-electron chi connectivity index (χ2n) is 6.84. The Bertz CT molecular complexity index is 357. The van der Waals surface area contributed by atoms with Crippen molar-refractivity contribution in [1.82, 2.24) is 5.32 Å². The van der Waals surface area contributed by atoms with Crippen molar-refractivity contribution in [3.8, 4) is 0 Å². The molecule has 0 spiro atoms. The van der Waals surface area contributed by atoms with Crippen molar-refractivity contribution in [2.24, 2.45) is 17.8 Å². The van der Waals surface area contributed by atoms with Gasteiger partial charge in [0.15, 0.2) is 0 Å². The Morgan fingerprint density at radius 1 is 1.32 bits per heavy atom. The highest BCUT2D eigenvalue weighted by Crippen LogP contribution is 2.33. The van der Waals surface area contributed by atoms with Gasteiger partial charge in [0, 0.05) is 12.1 Å². The van der Waals surface area contributed by atoms with Gasteiger partial charge >= 0.3 is 0 Å². The summed E-state index contributed by atoms with van der Waals surface area (Å²) in [7, 11) is 0. The van der Waals surface area contributed by atoms with Crippen LogP contribution in [0.25, 0.3) is 0 Å². The van der Waals surface area contributed by atoms with Gasteiger partial charge in [-0.3, -0.25) is 0 Å². The summed E-state index contributed by atoms with van der Waals surface area (Å²) in [6.07, 6.45) is 5.34. The Kier molecular flexibility index (Phi) is 5.47. The molecule has 4 unspecified atom stereocenters. The van der Waals surface area contributed by atoms with Crippen molar-refractivity contribution in [3.05, 3.63) is 22.4 Å². The van der Waals surface area contributed by atoms with Crippen LogP contribution in [0.4, 0.5) is 0 Å². The largest absolute Gasteiger partial charge is 0.311 e. The van der Waals surface area contributed by atoms with E-state index in [2.05, 4.69) is 49.8 Å². The van der Waals surface area contributed by atoms with E-state index in [1.54, 1.807) is 11.3 Å². The van der Waals surface area contributed by atoms with Crippen LogP contribution in [0.2, 0.25) is 0 Å². The highest BCUT2D eigenvalue weighted by Gasteiger charge is 2.31. The molecule has 1 N–H and O–H groups in total. The number of rotatable bonds is 5. The van der Waals surface area contributed by atoms with Gasteiger partial charge in [0.1, 0.15) is 0 Å². The number of hydrogen-bond donors (Lipinski definition) is 1. The SMILES string of the molecule is CC1CCC(C(C)C)C(NC(C)Cc2ccsc2)C1. The maximum Gasteiger partial charge on any atom is 0.0103 e. The van der Waals surface area contributed by atoms with Crippen LogP contribution in [0.1, 0.15) is 52.5 Å². The van der Waals surface area contributed by atoms with Crippen molar-refractivity contribution >= 4 is 11.3 Å². The van der Waals surface area contributed by atoms with Crippen molar-refractivity contribution in [1.29, 1.82) is 0 Å². The molecule has 0 aliphatic heterocycles. The molecule has 1 aromatic heterocycles. The van der Waals surface area contributed by atoms with Gasteiger partial charge in [-0.05, 0) is 66.3 Å². The van der Waals surface area contributed by atoms with Gasteiger partial charge in [0.25, 0.3) is 0 Å². The van der Waals surface area contributed by atoms with Gasteiger partial charge in [-0.2, -0.15) is 11.3 Å². The fourth-order valence-electron chi connectivity index (χ4n) is 3.58. The summed E-state index contributed by atoms with van der Waals surface area (Å²) in [5.41, 5.74) is 1.48. The maximum absolute atomic E-state index is 3.92. The Morgan fingerprint density at radius 2 is 2.11 bits per heavy atom. The molecule has 0 aromatic carbocycles. The standard InChI is InChI=1S/C17H29NS/c1-12(2)16-6-5-13(3)9-17(16)18-14(4)10-15-7-8-19-11-15/h7-8,11-14,16-18H,5-6,9-10H2,1-4H3. The van der Waals surface area contributed by atoms with Crippen LogP contribution in [0.15, 0.2) is 16.8 Å². The van der Waals surface area contributed by atoms with Gasteiger partial charge in [-0.25, -0.2) is 0 Å². The Morgan fingerprint density at radius 3 is 2.74 bits per heavy atom. The van der Waals surface area contributed by atoms with Crippen LogP contribution in [0, 0.1) is 17.8 Å². The van der Waals surface area contributed by atoms with E-state index in [-0.39, 0.29) is 0 Å². The first kappa shape index (κ1) is 15.1. The first-order valence-electron chi connectivity index (χ1n) is 7.83. The lowest BCUT2D eigenvalue weighted by Crippen LogP contribution is -2.47. The Balaban J connectivity index is 1.90. The van der Waals surface area contributed by atoms with Crippen LogP contribution < -0.4 is 5.32 Å². The van der Waals surface area contributed by atoms with Crippen molar-refractivity contribution < 1.29 is 0 Å². The lowest BCUT2D eigenvalue weighted by Gasteiger charge is -2.39. The van der Waals surface area contributed by atoms with Crippen molar-refractivity contribution in [2.75, 3.05) is 0 Å². The fraction of sp³-hybridized carbons (Fsp3) is 0.765. The maximum atomic E-state index is 3.92. The first-order chi connectivity index (χ1) is 9.06. The van der Waals surface area contributed by atoms with Gasteiger partial charge in [0.05, 0.1) is 0 Å². The van der Waals surface area contributed by atoms with Crippen LogP contribution >= 0.6 is 11.3 Å². The van der Waals surface area contributed by atoms with Gasteiger partial charge < -0.3 is 5.32 Å². The summed E-state index contributed by atoms with van der Waals surface area (Å²) in [5.74, 6) is 2.56. The third-order valence-electron chi connectivity index (χ3n) is 4.64. The van der Waals surface area contributed by atoms with E-state index >= 15 is 0 Å². The number of nitrogens with one attached hydrogen (secondary N) is 1. The highest BCUT2D eigenvalue weighted by atomic mass is 32.1. The Hall–Kier alpha value is -0.340.